The summed E-state index contributed by atoms with van der Waals surface area (Å²) in [5, 5.41) is 4.02. The number of rotatable bonds is 4. The first-order valence-corrected chi connectivity index (χ1v) is 7.14. The van der Waals surface area contributed by atoms with Crippen LogP contribution in [0.15, 0.2) is 42.6 Å². The van der Waals surface area contributed by atoms with Crippen LogP contribution in [-0.4, -0.2) is 18.1 Å². The number of nitrogens with one attached hydrogen (secondary N) is 1. The van der Waals surface area contributed by atoms with E-state index in [2.05, 4.69) is 28.5 Å². The summed E-state index contributed by atoms with van der Waals surface area (Å²) in [4.78, 5) is 3.98. The van der Waals surface area contributed by atoms with Gasteiger partial charge in [-0.25, -0.2) is 4.98 Å². The third kappa shape index (κ3) is 2.88. The van der Waals surface area contributed by atoms with E-state index in [-0.39, 0.29) is 0 Å². The van der Waals surface area contributed by atoms with Gasteiger partial charge in [-0.3, -0.25) is 0 Å². The van der Waals surface area contributed by atoms with Gasteiger partial charge in [0.25, 0.3) is 0 Å². The van der Waals surface area contributed by atoms with Crippen LogP contribution < -0.4 is 10.1 Å². The van der Waals surface area contributed by atoms with E-state index in [1.54, 1.807) is 13.3 Å². The Morgan fingerprint density at radius 3 is 2.85 bits per heavy atom. The number of nitrogens with zero attached hydrogens (tertiary/aromatic N) is 1. The summed E-state index contributed by atoms with van der Waals surface area (Å²) < 4.78 is 5.27. The van der Waals surface area contributed by atoms with E-state index in [9.17, 15) is 0 Å². The van der Waals surface area contributed by atoms with Crippen LogP contribution in [0, 0.1) is 0 Å². The fourth-order valence-electron chi connectivity index (χ4n) is 2.63. The highest BCUT2D eigenvalue weighted by Crippen LogP contribution is 2.39. The van der Waals surface area contributed by atoms with Gasteiger partial charge in [0.15, 0.2) is 0 Å². The molecular weight excluding hydrogens is 272 g/mol. The molecule has 4 heteroatoms. The van der Waals surface area contributed by atoms with Crippen molar-refractivity contribution in [3.63, 3.8) is 0 Å². The van der Waals surface area contributed by atoms with Crippen molar-refractivity contribution >= 4 is 17.3 Å². The minimum absolute atomic E-state index is 0.504. The van der Waals surface area contributed by atoms with Crippen LogP contribution in [0.4, 0.5) is 5.69 Å². The Bertz CT molecular complexity index is 597. The molecule has 0 bridgehead atoms. The Hall–Kier alpha value is -1.74. The number of benzene rings is 1. The van der Waals surface area contributed by atoms with Crippen LogP contribution in [0.5, 0.6) is 5.75 Å². The van der Waals surface area contributed by atoms with E-state index >= 15 is 0 Å². The number of halogens is 1. The van der Waals surface area contributed by atoms with Crippen LogP contribution >= 0.6 is 11.6 Å². The first-order valence-electron chi connectivity index (χ1n) is 6.76. The number of methoxy groups -OCH3 is 1. The molecule has 0 atom stereocenters. The number of aromatic nitrogens is 1. The molecule has 0 radical (unpaired) electrons. The third-order valence-electron chi connectivity index (χ3n) is 3.80. The average molecular weight is 289 g/mol. The van der Waals surface area contributed by atoms with Crippen LogP contribution in [0.2, 0.25) is 5.15 Å². The molecule has 2 aromatic rings. The van der Waals surface area contributed by atoms with Crippen LogP contribution in [-0.2, 0) is 0 Å². The maximum atomic E-state index is 5.88. The highest BCUT2D eigenvalue weighted by atomic mass is 35.5. The lowest BCUT2D eigenvalue weighted by atomic mass is 9.76. The quantitative estimate of drug-likeness (QED) is 0.860. The van der Waals surface area contributed by atoms with E-state index in [1.165, 1.54) is 5.56 Å². The smallest absolute Gasteiger partial charge is 0.131 e. The molecule has 3 nitrogen and oxygen atoms in total. The number of pyridine rings is 1. The zero-order valence-electron chi connectivity index (χ0n) is 11.3. The summed E-state index contributed by atoms with van der Waals surface area (Å²) in [6.07, 6.45) is 3.99. The molecule has 1 N–H and O–H groups in total. The summed E-state index contributed by atoms with van der Waals surface area (Å²) in [5.41, 5.74) is 2.40. The monoisotopic (exact) mass is 288 g/mol. The lowest BCUT2D eigenvalue weighted by molar-refractivity contribution is 0.370. The van der Waals surface area contributed by atoms with Crippen molar-refractivity contribution in [2.24, 2.45) is 0 Å². The Morgan fingerprint density at radius 1 is 1.25 bits per heavy atom. The Morgan fingerprint density at radius 2 is 2.10 bits per heavy atom. The topological polar surface area (TPSA) is 34.1 Å². The number of hydrogen-bond donors (Lipinski definition) is 1. The molecule has 20 heavy (non-hydrogen) atoms. The van der Waals surface area contributed by atoms with Gasteiger partial charge in [0.1, 0.15) is 10.9 Å². The van der Waals surface area contributed by atoms with E-state index < -0.39 is 0 Å². The van der Waals surface area contributed by atoms with Gasteiger partial charge in [0, 0.05) is 17.9 Å². The molecule has 1 heterocycles. The highest BCUT2D eigenvalue weighted by Gasteiger charge is 2.30. The van der Waals surface area contributed by atoms with Gasteiger partial charge < -0.3 is 10.1 Å². The molecule has 1 saturated carbocycles. The molecule has 0 spiro atoms. The van der Waals surface area contributed by atoms with Crippen LogP contribution in [0.25, 0.3) is 0 Å². The first-order chi connectivity index (χ1) is 9.74. The van der Waals surface area contributed by atoms with Gasteiger partial charge in [-0.1, -0.05) is 23.7 Å². The lowest BCUT2D eigenvalue weighted by Gasteiger charge is -2.37. The summed E-state index contributed by atoms with van der Waals surface area (Å²) in [7, 11) is 1.71. The van der Waals surface area contributed by atoms with Crippen molar-refractivity contribution in [3.05, 3.63) is 53.3 Å². The van der Waals surface area contributed by atoms with E-state index in [0.29, 0.717) is 17.1 Å². The second kappa shape index (κ2) is 5.71. The number of hydrogen-bond acceptors (Lipinski definition) is 3. The lowest BCUT2D eigenvalue weighted by Crippen LogP contribution is -2.33. The third-order valence-corrected chi connectivity index (χ3v) is 4.01. The van der Waals surface area contributed by atoms with Crippen molar-refractivity contribution in [2.45, 2.75) is 24.8 Å². The van der Waals surface area contributed by atoms with Gasteiger partial charge in [-0.2, -0.15) is 0 Å². The summed E-state index contributed by atoms with van der Waals surface area (Å²) in [6.45, 7) is 0. The first kappa shape index (κ1) is 13.3. The molecule has 3 rings (SSSR count). The summed E-state index contributed by atoms with van der Waals surface area (Å²) in [5.74, 6) is 1.54. The van der Waals surface area contributed by atoms with Crippen molar-refractivity contribution < 1.29 is 4.74 Å². The Balaban J connectivity index is 1.58. The standard InChI is InChI=1S/C16H17ClN2O/c1-20-15-4-2-3-11(9-15)12-7-14(8-12)19-13-5-6-18-16(17)10-13/h2-6,9-10,12,14H,7-8H2,1H3,(H,18,19). The van der Waals surface area contributed by atoms with Gasteiger partial charge in [-0.05, 0) is 48.6 Å². The maximum absolute atomic E-state index is 5.88. The Labute approximate surface area is 123 Å². The van der Waals surface area contributed by atoms with E-state index in [0.717, 1.165) is 24.3 Å². The summed E-state index contributed by atoms with van der Waals surface area (Å²) >= 11 is 5.88. The number of anilines is 1. The largest absolute Gasteiger partial charge is 0.497 e. The maximum Gasteiger partial charge on any atom is 0.131 e. The van der Waals surface area contributed by atoms with Crippen molar-refractivity contribution in [2.75, 3.05) is 12.4 Å². The fraction of sp³-hybridized carbons (Fsp3) is 0.312. The minimum Gasteiger partial charge on any atom is -0.497 e. The SMILES string of the molecule is COc1cccc(C2CC(Nc3ccnc(Cl)c3)C2)c1. The fourth-order valence-corrected chi connectivity index (χ4v) is 2.81. The molecule has 0 unspecified atom stereocenters. The van der Waals surface area contributed by atoms with Crippen LogP contribution in [0.1, 0.15) is 24.3 Å². The number of ether oxygens (including phenoxy) is 1. The van der Waals surface area contributed by atoms with Gasteiger partial charge >= 0.3 is 0 Å². The molecule has 0 amide bonds. The summed E-state index contributed by atoms with van der Waals surface area (Å²) in [6, 6.07) is 12.7. The normalized spacial score (nSPS) is 21.1. The molecule has 1 aromatic carbocycles. The molecule has 1 aliphatic rings. The average Bonchev–Trinajstić information content (AvgIpc) is 2.42. The predicted octanol–water partition coefficient (Wildman–Crippen LogP) is 4.10. The van der Waals surface area contributed by atoms with Gasteiger partial charge in [0.2, 0.25) is 0 Å². The molecular formula is C16H17ClN2O. The molecule has 0 saturated heterocycles. The second-order valence-electron chi connectivity index (χ2n) is 5.15. The zero-order valence-corrected chi connectivity index (χ0v) is 12.1. The molecule has 0 aliphatic heterocycles. The van der Waals surface area contributed by atoms with E-state index in [1.807, 2.05) is 18.2 Å². The Kier molecular flexibility index (Phi) is 3.79. The van der Waals surface area contributed by atoms with Crippen LogP contribution in [0.3, 0.4) is 0 Å². The molecule has 104 valence electrons. The van der Waals surface area contributed by atoms with Gasteiger partial charge in [0.05, 0.1) is 7.11 Å². The van der Waals surface area contributed by atoms with E-state index in [4.69, 9.17) is 16.3 Å². The molecule has 1 aliphatic carbocycles. The predicted molar refractivity (Wildman–Crippen MR) is 81.6 cm³/mol. The second-order valence-corrected chi connectivity index (χ2v) is 5.54. The molecule has 1 aromatic heterocycles. The molecule has 1 fully saturated rings. The van der Waals surface area contributed by atoms with Gasteiger partial charge in [-0.15, -0.1) is 0 Å². The van der Waals surface area contributed by atoms with Crippen molar-refractivity contribution in [1.82, 2.24) is 4.98 Å². The van der Waals surface area contributed by atoms with Crippen molar-refractivity contribution in [1.29, 1.82) is 0 Å². The minimum atomic E-state index is 0.504. The highest BCUT2D eigenvalue weighted by molar-refractivity contribution is 6.29. The van der Waals surface area contributed by atoms with Crippen molar-refractivity contribution in [3.8, 4) is 5.75 Å². The zero-order chi connectivity index (χ0) is 13.9.